The maximum absolute atomic E-state index is 4.43. The first kappa shape index (κ1) is 14.5. The van der Waals surface area contributed by atoms with E-state index in [-0.39, 0.29) is 0 Å². The number of anilines is 1. The lowest BCUT2D eigenvalue weighted by molar-refractivity contribution is 0.240. The standard InChI is InChI=1S/C17H20BrN3/c1-2-9-21-10-6-14(7-11-21)20-17-5-8-19-16-4-3-13(18)12-15(16)17/h2-5,8,12,14H,1,6-7,9-11H2,(H,19,20). The predicted octanol–water partition coefficient (Wildman–Crippen LogP) is 4.06. The quantitative estimate of drug-likeness (QED) is 0.847. The van der Waals surface area contributed by atoms with E-state index in [1.54, 1.807) is 0 Å². The highest BCUT2D eigenvalue weighted by Gasteiger charge is 2.18. The van der Waals surface area contributed by atoms with Gasteiger partial charge in [-0.3, -0.25) is 9.88 Å². The van der Waals surface area contributed by atoms with Gasteiger partial charge in [0.05, 0.1) is 5.52 Å². The number of fused-ring (bicyclic) bond motifs is 1. The minimum Gasteiger partial charge on any atom is -0.382 e. The number of pyridine rings is 1. The van der Waals surface area contributed by atoms with Crippen LogP contribution >= 0.6 is 15.9 Å². The highest BCUT2D eigenvalue weighted by molar-refractivity contribution is 9.10. The largest absolute Gasteiger partial charge is 0.382 e. The van der Waals surface area contributed by atoms with Crippen molar-refractivity contribution in [2.45, 2.75) is 18.9 Å². The van der Waals surface area contributed by atoms with Gasteiger partial charge in [0.1, 0.15) is 0 Å². The van der Waals surface area contributed by atoms with Crippen LogP contribution in [0.3, 0.4) is 0 Å². The Hall–Kier alpha value is -1.39. The van der Waals surface area contributed by atoms with Gasteiger partial charge in [-0.1, -0.05) is 22.0 Å². The molecule has 1 aromatic heterocycles. The molecule has 0 radical (unpaired) electrons. The number of benzene rings is 1. The number of aromatic nitrogens is 1. The molecule has 0 atom stereocenters. The van der Waals surface area contributed by atoms with Crippen molar-refractivity contribution in [2.75, 3.05) is 25.0 Å². The Bertz CT molecular complexity index is 633. The van der Waals surface area contributed by atoms with Crippen LogP contribution in [0.4, 0.5) is 5.69 Å². The summed E-state index contributed by atoms with van der Waals surface area (Å²) in [6.45, 7) is 7.08. The number of nitrogens with one attached hydrogen (secondary N) is 1. The van der Waals surface area contributed by atoms with E-state index in [9.17, 15) is 0 Å². The smallest absolute Gasteiger partial charge is 0.0723 e. The number of hydrogen-bond acceptors (Lipinski definition) is 3. The maximum atomic E-state index is 4.43. The molecule has 3 nitrogen and oxygen atoms in total. The monoisotopic (exact) mass is 345 g/mol. The second kappa shape index (κ2) is 6.58. The van der Waals surface area contributed by atoms with Crippen LogP contribution in [-0.2, 0) is 0 Å². The second-order valence-electron chi connectivity index (χ2n) is 5.53. The molecule has 0 spiro atoms. The summed E-state index contributed by atoms with van der Waals surface area (Å²) in [5.74, 6) is 0. The fraction of sp³-hybridized carbons (Fsp3) is 0.353. The lowest BCUT2D eigenvalue weighted by atomic mass is 10.0. The Kier molecular flexibility index (Phi) is 4.56. The summed E-state index contributed by atoms with van der Waals surface area (Å²) in [5, 5.41) is 4.88. The lowest BCUT2D eigenvalue weighted by Gasteiger charge is -2.32. The van der Waals surface area contributed by atoms with Crippen molar-refractivity contribution in [1.82, 2.24) is 9.88 Å². The van der Waals surface area contributed by atoms with Crippen LogP contribution in [0.1, 0.15) is 12.8 Å². The fourth-order valence-electron chi connectivity index (χ4n) is 2.91. The fourth-order valence-corrected chi connectivity index (χ4v) is 3.27. The molecular formula is C17H20BrN3. The Balaban J connectivity index is 1.74. The number of likely N-dealkylation sites (tertiary alicyclic amines) is 1. The molecule has 1 aromatic carbocycles. The SMILES string of the molecule is C=CCN1CCC(Nc2ccnc3ccc(Br)cc23)CC1. The van der Waals surface area contributed by atoms with Gasteiger partial charge in [0.25, 0.3) is 0 Å². The number of piperidine rings is 1. The number of rotatable bonds is 4. The molecule has 1 aliphatic heterocycles. The summed E-state index contributed by atoms with van der Waals surface area (Å²) in [6, 6.07) is 8.84. The van der Waals surface area contributed by atoms with Crippen molar-refractivity contribution >= 4 is 32.5 Å². The molecule has 110 valence electrons. The summed E-state index contributed by atoms with van der Waals surface area (Å²) in [6.07, 6.45) is 6.21. The van der Waals surface area contributed by atoms with Crippen molar-refractivity contribution in [3.63, 3.8) is 0 Å². The Morgan fingerprint density at radius 1 is 1.33 bits per heavy atom. The molecule has 21 heavy (non-hydrogen) atoms. The normalized spacial score (nSPS) is 17.0. The van der Waals surface area contributed by atoms with Gasteiger partial charge in [0.15, 0.2) is 0 Å². The first-order valence-electron chi connectivity index (χ1n) is 7.40. The molecule has 4 heteroatoms. The Morgan fingerprint density at radius 3 is 2.90 bits per heavy atom. The van der Waals surface area contributed by atoms with Crippen LogP contribution in [0.15, 0.2) is 47.6 Å². The van der Waals surface area contributed by atoms with E-state index in [1.807, 2.05) is 18.3 Å². The van der Waals surface area contributed by atoms with E-state index >= 15 is 0 Å². The van der Waals surface area contributed by atoms with Gasteiger partial charge in [-0.15, -0.1) is 6.58 Å². The van der Waals surface area contributed by atoms with E-state index < -0.39 is 0 Å². The zero-order valence-electron chi connectivity index (χ0n) is 12.1. The molecule has 0 saturated carbocycles. The third-order valence-corrected chi connectivity index (χ3v) is 4.53. The third-order valence-electron chi connectivity index (χ3n) is 4.04. The van der Waals surface area contributed by atoms with Crippen LogP contribution in [0.5, 0.6) is 0 Å². The maximum Gasteiger partial charge on any atom is 0.0723 e. The van der Waals surface area contributed by atoms with E-state index in [0.29, 0.717) is 6.04 Å². The van der Waals surface area contributed by atoms with E-state index in [2.05, 4.69) is 55.9 Å². The molecule has 1 N–H and O–H groups in total. The summed E-state index contributed by atoms with van der Waals surface area (Å²) < 4.78 is 1.09. The molecule has 0 amide bonds. The highest BCUT2D eigenvalue weighted by atomic mass is 79.9. The van der Waals surface area contributed by atoms with Crippen LogP contribution < -0.4 is 5.32 Å². The van der Waals surface area contributed by atoms with Gasteiger partial charge in [0, 0.05) is 47.4 Å². The molecule has 0 unspecified atom stereocenters. The zero-order valence-corrected chi connectivity index (χ0v) is 13.6. The molecule has 0 bridgehead atoms. The van der Waals surface area contributed by atoms with Crippen LogP contribution in [0, 0.1) is 0 Å². The van der Waals surface area contributed by atoms with Gasteiger partial charge in [-0.2, -0.15) is 0 Å². The van der Waals surface area contributed by atoms with Crippen molar-refractivity contribution in [3.8, 4) is 0 Å². The number of halogens is 1. The average molecular weight is 346 g/mol. The zero-order chi connectivity index (χ0) is 14.7. The summed E-state index contributed by atoms with van der Waals surface area (Å²) in [7, 11) is 0. The van der Waals surface area contributed by atoms with E-state index in [4.69, 9.17) is 0 Å². The molecule has 1 fully saturated rings. The first-order valence-corrected chi connectivity index (χ1v) is 8.19. The van der Waals surface area contributed by atoms with Gasteiger partial charge >= 0.3 is 0 Å². The third kappa shape index (κ3) is 3.44. The predicted molar refractivity (Wildman–Crippen MR) is 92.7 cm³/mol. The topological polar surface area (TPSA) is 28.2 Å². The van der Waals surface area contributed by atoms with Crippen molar-refractivity contribution in [3.05, 3.63) is 47.6 Å². The van der Waals surface area contributed by atoms with Gasteiger partial charge < -0.3 is 5.32 Å². The summed E-state index contributed by atoms with van der Waals surface area (Å²) in [4.78, 5) is 6.88. The molecular weight excluding hydrogens is 326 g/mol. The van der Waals surface area contributed by atoms with Gasteiger partial charge in [-0.25, -0.2) is 0 Å². The van der Waals surface area contributed by atoms with E-state index in [1.165, 1.54) is 23.9 Å². The van der Waals surface area contributed by atoms with Crippen LogP contribution in [0.25, 0.3) is 10.9 Å². The van der Waals surface area contributed by atoms with Crippen LogP contribution in [-0.4, -0.2) is 35.6 Å². The summed E-state index contributed by atoms with van der Waals surface area (Å²) >= 11 is 3.55. The Labute approximate surface area is 134 Å². The molecule has 2 heterocycles. The summed E-state index contributed by atoms with van der Waals surface area (Å²) in [5.41, 5.74) is 2.22. The van der Waals surface area contributed by atoms with Gasteiger partial charge in [-0.05, 0) is 37.1 Å². The molecule has 2 aromatic rings. The van der Waals surface area contributed by atoms with Gasteiger partial charge in [0.2, 0.25) is 0 Å². The lowest BCUT2D eigenvalue weighted by Crippen LogP contribution is -2.39. The molecule has 3 rings (SSSR count). The minimum absolute atomic E-state index is 0.538. The number of hydrogen-bond donors (Lipinski definition) is 1. The van der Waals surface area contributed by atoms with Crippen molar-refractivity contribution in [2.24, 2.45) is 0 Å². The highest BCUT2D eigenvalue weighted by Crippen LogP contribution is 2.27. The average Bonchev–Trinajstić information content (AvgIpc) is 2.50. The van der Waals surface area contributed by atoms with Crippen molar-refractivity contribution < 1.29 is 0 Å². The molecule has 1 saturated heterocycles. The molecule has 0 aliphatic carbocycles. The second-order valence-corrected chi connectivity index (χ2v) is 6.44. The minimum atomic E-state index is 0.538. The number of nitrogens with zero attached hydrogens (tertiary/aromatic N) is 2. The first-order chi connectivity index (χ1) is 10.3. The Morgan fingerprint density at radius 2 is 2.14 bits per heavy atom. The van der Waals surface area contributed by atoms with Crippen molar-refractivity contribution in [1.29, 1.82) is 0 Å². The van der Waals surface area contributed by atoms with E-state index in [0.717, 1.165) is 29.6 Å². The van der Waals surface area contributed by atoms with Crippen LogP contribution in [0.2, 0.25) is 0 Å². The molecule has 1 aliphatic rings.